The van der Waals surface area contributed by atoms with Gasteiger partial charge in [-0.1, -0.05) is 30.3 Å². The van der Waals surface area contributed by atoms with Gasteiger partial charge in [-0.2, -0.15) is 4.98 Å². The minimum Gasteiger partial charge on any atom is -0.491 e. The van der Waals surface area contributed by atoms with Crippen LogP contribution in [-0.2, 0) is 13.6 Å². The molecule has 11 nitrogen and oxygen atoms in total. The van der Waals surface area contributed by atoms with Gasteiger partial charge in [0.25, 0.3) is 5.56 Å². The Morgan fingerprint density at radius 1 is 1.08 bits per heavy atom. The summed E-state index contributed by atoms with van der Waals surface area (Å²) < 4.78 is 8.84. The molecule has 2 aromatic carbocycles. The van der Waals surface area contributed by atoms with Crippen molar-refractivity contribution in [1.29, 1.82) is 0 Å². The lowest BCUT2D eigenvalue weighted by Gasteiger charge is -2.35. The number of fused-ring (bicyclic) bond motifs is 2. The van der Waals surface area contributed by atoms with Gasteiger partial charge in [0.05, 0.1) is 13.2 Å². The first-order valence-corrected chi connectivity index (χ1v) is 12.0. The smallest absolute Gasteiger partial charge is 0.329 e. The van der Waals surface area contributed by atoms with Crippen LogP contribution in [0.5, 0.6) is 5.75 Å². The van der Waals surface area contributed by atoms with Crippen LogP contribution in [0.15, 0.2) is 52.1 Å². The van der Waals surface area contributed by atoms with Crippen molar-refractivity contribution in [3.05, 3.63) is 63.3 Å². The average Bonchev–Trinajstić information content (AvgIpc) is 3.26. The molecule has 1 unspecified atom stereocenters. The van der Waals surface area contributed by atoms with Crippen molar-refractivity contribution in [1.82, 2.24) is 24.0 Å². The highest BCUT2D eigenvalue weighted by atomic mass is 16.5. The number of hydrogen-bond donors (Lipinski definition) is 3. The standard InChI is InChI=1S/C25H30N6O5/c1-28-22-21(23(34)27-25(28)35)31(24(26-22)30-10-8-29(9-11-30)12-13-32)15-19(33)16-36-20-7-6-17-4-2-3-5-18(17)14-20/h2-7,14,19,32-33H,8-13,15-16H2,1H3,(H,27,34,35). The summed E-state index contributed by atoms with van der Waals surface area (Å²) in [6.45, 7) is 3.52. The normalized spacial score (nSPS) is 15.6. The van der Waals surface area contributed by atoms with Crippen molar-refractivity contribution in [3.8, 4) is 5.75 Å². The minimum atomic E-state index is -0.931. The monoisotopic (exact) mass is 494 g/mol. The fourth-order valence-corrected chi connectivity index (χ4v) is 4.66. The highest BCUT2D eigenvalue weighted by Crippen LogP contribution is 2.23. The molecule has 3 heterocycles. The number of benzene rings is 2. The first-order chi connectivity index (χ1) is 17.4. The van der Waals surface area contributed by atoms with Crippen molar-refractivity contribution in [2.75, 3.05) is 50.8 Å². The Morgan fingerprint density at radius 3 is 2.58 bits per heavy atom. The molecule has 1 aliphatic heterocycles. The quantitative estimate of drug-likeness (QED) is 0.315. The highest BCUT2D eigenvalue weighted by molar-refractivity contribution is 5.83. The summed E-state index contributed by atoms with van der Waals surface area (Å²) in [5, 5.41) is 22.3. The Kier molecular flexibility index (Phi) is 6.77. The van der Waals surface area contributed by atoms with Crippen LogP contribution in [0.2, 0.25) is 0 Å². The lowest BCUT2D eigenvalue weighted by molar-refractivity contribution is 0.0935. The van der Waals surface area contributed by atoms with Gasteiger partial charge in [-0.25, -0.2) is 4.79 Å². The molecule has 3 N–H and O–H groups in total. The number of aliphatic hydroxyl groups is 2. The van der Waals surface area contributed by atoms with Crippen LogP contribution in [0.4, 0.5) is 5.95 Å². The summed E-state index contributed by atoms with van der Waals surface area (Å²) in [6.07, 6.45) is -0.931. The number of aliphatic hydroxyl groups excluding tert-OH is 2. The number of imidazole rings is 1. The number of aromatic amines is 1. The van der Waals surface area contributed by atoms with E-state index in [0.717, 1.165) is 23.9 Å². The van der Waals surface area contributed by atoms with E-state index in [0.29, 0.717) is 31.3 Å². The molecular formula is C25H30N6O5. The maximum atomic E-state index is 12.8. The largest absolute Gasteiger partial charge is 0.491 e. The predicted molar refractivity (Wildman–Crippen MR) is 137 cm³/mol. The maximum absolute atomic E-state index is 12.8. The van der Waals surface area contributed by atoms with E-state index >= 15 is 0 Å². The van der Waals surface area contributed by atoms with Crippen molar-refractivity contribution < 1.29 is 14.9 Å². The molecule has 1 fully saturated rings. The summed E-state index contributed by atoms with van der Waals surface area (Å²) in [4.78, 5) is 36.1. The number of hydrogen-bond acceptors (Lipinski definition) is 8. The third kappa shape index (κ3) is 4.72. The number of ether oxygens (including phenoxy) is 1. The number of rotatable bonds is 8. The molecule has 0 radical (unpaired) electrons. The molecule has 36 heavy (non-hydrogen) atoms. The van der Waals surface area contributed by atoms with Crippen LogP contribution in [0.3, 0.4) is 0 Å². The number of H-pyrrole nitrogens is 1. The van der Waals surface area contributed by atoms with Gasteiger partial charge >= 0.3 is 5.69 Å². The molecule has 190 valence electrons. The Morgan fingerprint density at radius 2 is 1.83 bits per heavy atom. The molecule has 0 amide bonds. The molecule has 1 saturated heterocycles. The van der Waals surface area contributed by atoms with E-state index < -0.39 is 17.4 Å². The summed E-state index contributed by atoms with van der Waals surface area (Å²) in [5.41, 5.74) is -0.598. The summed E-state index contributed by atoms with van der Waals surface area (Å²) in [5.74, 6) is 1.16. The Balaban J connectivity index is 1.40. The molecule has 0 spiro atoms. The number of aryl methyl sites for hydroxylation is 1. The SMILES string of the molecule is Cn1c(=O)[nH]c(=O)c2c1nc(N1CCN(CCO)CC1)n2CC(O)COc1ccc2ccccc2c1. The number of nitrogens with one attached hydrogen (secondary N) is 1. The minimum absolute atomic E-state index is 0.0192. The van der Waals surface area contributed by atoms with Gasteiger partial charge in [-0.3, -0.25) is 19.2 Å². The van der Waals surface area contributed by atoms with Crippen LogP contribution in [0.1, 0.15) is 0 Å². The van der Waals surface area contributed by atoms with Crippen molar-refractivity contribution in [3.63, 3.8) is 0 Å². The van der Waals surface area contributed by atoms with Crippen LogP contribution in [0.25, 0.3) is 21.9 Å². The second-order valence-corrected chi connectivity index (χ2v) is 9.04. The van der Waals surface area contributed by atoms with Gasteiger partial charge in [0, 0.05) is 39.8 Å². The molecule has 0 saturated carbocycles. The second-order valence-electron chi connectivity index (χ2n) is 9.04. The third-order valence-electron chi connectivity index (χ3n) is 6.61. The molecule has 1 atom stereocenters. The Labute approximate surface area is 206 Å². The van der Waals surface area contributed by atoms with Crippen molar-refractivity contribution >= 4 is 27.9 Å². The van der Waals surface area contributed by atoms with Gasteiger partial charge < -0.3 is 24.4 Å². The van der Waals surface area contributed by atoms with E-state index in [-0.39, 0.29) is 30.9 Å². The second kappa shape index (κ2) is 10.1. The predicted octanol–water partition coefficient (Wildman–Crippen LogP) is 0.131. The highest BCUT2D eigenvalue weighted by Gasteiger charge is 2.26. The number of nitrogens with zero attached hydrogens (tertiary/aromatic N) is 5. The Bertz CT molecular complexity index is 1480. The zero-order chi connectivity index (χ0) is 25.2. The fourth-order valence-electron chi connectivity index (χ4n) is 4.66. The van der Waals surface area contributed by atoms with Crippen LogP contribution in [0, 0.1) is 0 Å². The van der Waals surface area contributed by atoms with Gasteiger partial charge in [0.2, 0.25) is 5.95 Å². The molecule has 0 aliphatic carbocycles. The zero-order valence-corrected chi connectivity index (χ0v) is 20.1. The van der Waals surface area contributed by atoms with E-state index in [9.17, 15) is 19.8 Å². The molecule has 4 aromatic rings. The van der Waals surface area contributed by atoms with Gasteiger partial charge in [0.1, 0.15) is 18.5 Å². The topological polar surface area (TPSA) is 129 Å². The number of β-amino-alcohol motifs (C(OH)–C–C–N with tert-alkyl or cyclic N) is 1. The lowest BCUT2D eigenvalue weighted by Crippen LogP contribution is -2.48. The zero-order valence-electron chi connectivity index (χ0n) is 20.1. The fraction of sp³-hybridized carbons (Fsp3) is 0.400. The summed E-state index contributed by atoms with van der Waals surface area (Å²) in [6, 6.07) is 13.7. The van der Waals surface area contributed by atoms with Crippen molar-refractivity contribution in [2.45, 2.75) is 12.6 Å². The summed E-state index contributed by atoms with van der Waals surface area (Å²) in [7, 11) is 1.56. The molecule has 11 heteroatoms. The maximum Gasteiger partial charge on any atom is 0.329 e. The third-order valence-corrected chi connectivity index (χ3v) is 6.61. The Hall–Kier alpha value is -3.67. The number of piperazine rings is 1. The van der Waals surface area contributed by atoms with Crippen LogP contribution < -0.4 is 20.9 Å². The van der Waals surface area contributed by atoms with Gasteiger partial charge in [0.15, 0.2) is 11.2 Å². The number of aromatic nitrogens is 4. The van der Waals surface area contributed by atoms with Gasteiger partial charge in [-0.05, 0) is 22.9 Å². The first-order valence-electron chi connectivity index (χ1n) is 12.0. The molecule has 5 rings (SSSR count). The molecule has 1 aliphatic rings. The van der Waals surface area contributed by atoms with Crippen LogP contribution in [-0.4, -0.2) is 86.3 Å². The van der Waals surface area contributed by atoms with E-state index in [1.807, 2.05) is 47.4 Å². The van der Waals surface area contributed by atoms with E-state index in [2.05, 4.69) is 14.9 Å². The first kappa shape index (κ1) is 24.0. The average molecular weight is 495 g/mol. The summed E-state index contributed by atoms with van der Waals surface area (Å²) >= 11 is 0. The molecule has 0 bridgehead atoms. The number of anilines is 1. The van der Waals surface area contributed by atoms with E-state index in [4.69, 9.17) is 4.74 Å². The lowest BCUT2D eigenvalue weighted by atomic mass is 10.1. The van der Waals surface area contributed by atoms with E-state index in [1.54, 1.807) is 11.6 Å². The van der Waals surface area contributed by atoms with Gasteiger partial charge in [-0.15, -0.1) is 0 Å². The van der Waals surface area contributed by atoms with E-state index in [1.165, 1.54) is 4.57 Å². The molecule has 2 aromatic heterocycles. The van der Waals surface area contributed by atoms with Crippen molar-refractivity contribution in [2.24, 2.45) is 7.05 Å². The van der Waals surface area contributed by atoms with Crippen LogP contribution >= 0.6 is 0 Å². The molecular weight excluding hydrogens is 464 g/mol.